The molecule has 14 heavy (non-hydrogen) atoms. The minimum absolute atomic E-state index is 0.249. The molecule has 0 fully saturated rings. The van der Waals surface area contributed by atoms with Gasteiger partial charge in [0.25, 0.3) is 0 Å². The third-order valence-corrected chi connectivity index (χ3v) is 2.92. The molecule has 76 valence electrons. The molecule has 4 heteroatoms. The van der Waals surface area contributed by atoms with Crippen LogP contribution in [0.3, 0.4) is 0 Å². The third-order valence-electron chi connectivity index (χ3n) is 2.13. The summed E-state index contributed by atoms with van der Waals surface area (Å²) in [4.78, 5) is 0. The van der Waals surface area contributed by atoms with Gasteiger partial charge in [-0.3, -0.25) is 0 Å². The summed E-state index contributed by atoms with van der Waals surface area (Å²) in [6.45, 7) is 4.76. The molecule has 0 amide bonds. The zero-order valence-electron chi connectivity index (χ0n) is 8.03. The van der Waals surface area contributed by atoms with Crippen LogP contribution >= 0.6 is 23.2 Å². The second kappa shape index (κ2) is 3.21. The molecule has 2 nitrogen and oxygen atoms in total. The van der Waals surface area contributed by atoms with Crippen LogP contribution in [0.2, 0.25) is 10.0 Å². The maximum atomic E-state index is 6.04. The van der Waals surface area contributed by atoms with Crippen molar-refractivity contribution in [3.63, 3.8) is 0 Å². The molecule has 2 rings (SSSR count). The van der Waals surface area contributed by atoms with E-state index < -0.39 is 0 Å². The average molecular weight is 232 g/mol. The lowest BCUT2D eigenvalue weighted by molar-refractivity contribution is 0.116. The van der Waals surface area contributed by atoms with E-state index in [1.807, 2.05) is 19.9 Å². The van der Waals surface area contributed by atoms with Crippen molar-refractivity contribution in [3.05, 3.63) is 22.2 Å². The largest absolute Gasteiger partial charge is 0.482 e. The molecular formula is C10H11Cl2NO. The Morgan fingerprint density at radius 3 is 2.79 bits per heavy atom. The van der Waals surface area contributed by atoms with Crippen LogP contribution in [0.4, 0.5) is 5.69 Å². The van der Waals surface area contributed by atoms with E-state index >= 15 is 0 Å². The van der Waals surface area contributed by atoms with Gasteiger partial charge >= 0.3 is 0 Å². The molecule has 1 N–H and O–H groups in total. The molecule has 0 saturated heterocycles. The number of ether oxygens (including phenoxy) is 1. The molecule has 0 saturated carbocycles. The highest BCUT2D eigenvalue weighted by molar-refractivity contribution is 6.43. The Labute approximate surface area is 93.2 Å². The van der Waals surface area contributed by atoms with E-state index in [0.717, 1.165) is 12.2 Å². The predicted molar refractivity (Wildman–Crippen MR) is 59.7 cm³/mol. The van der Waals surface area contributed by atoms with Gasteiger partial charge in [0.2, 0.25) is 0 Å². The first-order valence-electron chi connectivity index (χ1n) is 4.40. The van der Waals surface area contributed by atoms with E-state index in [2.05, 4.69) is 5.32 Å². The number of hydrogen-bond acceptors (Lipinski definition) is 2. The predicted octanol–water partition coefficient (Wildman–Crippen LogP) is 3.58. The van der Waals surface area contributed by atoms with Gasteiger partial charge in [0.1, 0.15) is 10.6 Å². The van der Waals surface area contributed by atoms with Crippen LogP contribution in [0.25, 0.3) is 0 Å². The summed E-state index contributed by atoms with van der Waals surface area (Å²) in [6.07, 6.45) is 0. The molecule has 0 radical (unpaired) electrons. The number of halogens is 2. The Balaban J connectivity index is 2.49. The van der Waals surface area contributed by atoms with E-state index in [-0.39, 0.29) is 5.60 Å². The Kier molecular flexibility index (Phi) is 2.28. The van der Waals surface area contributed by atoms with Crippen molar-refractivity contribution in [2.45, 2.75) is 19.4 Å². The first-order valence-corrected chi connectivity index (χ1v) is 5.16. The van der Waals surface area contributed by atoms with Crippen molar-refractivity contribution < 1.29 is 4.74 Å². The number of anilines is 1. The fraction of sp³-hybridized carbons (Fsp3) is 0.400. The number of rotatable bonds is 0. The Hall–Kier alpha value is -0.600. The van der Waals surface area contributed by atoms with Gasteiger partial charge in [-0.1, -0.05) is 23.2 Å². The molecule has 1 heterocycles. The zero-order chi connectivity index (χ0) is 10.3. The first kappa shape index (κ1) is 9.94. The Bertz CT molecular complexity index is 377. The highest BCUT2D eigenvalue weighted by atomic mass is 35.5. The lowest BCUT2D eigenvalue weighted by atomic mass is 10.1. The normalized spacial score (nSPS) is 18.0. The molecule has 0 bridgehead atoms. The van der Waals surface area contributed by atoms with Gasteiger partial charge in [-0.05, 0) is 26.0 Å². The second-order valence-electron chi connectivity index (χ2n) is 3.95. The van der Waals surface area contributed by atoms with Crippen LogP contribution in [0.1, 0.15) is 13.8 Å². The van der Waals surface area contributed by atoms with Gasteiger partial charge < -0.3 is 10.1 Å². The molecule has 0 atom stereocenters. The van der Waals surface area contributed by atoms with E-state index in [4.69, 9.17) is 27.9 Å². The molecule has 0 unspecified atom stereocenters. The summed E-state index contributed by atoms with van der Waals surface area (Å²) >= 11 is 11.9. The van der Waals surface area contributed by atoms with Gasteiger partial charge in [0.05, 0.1) is 17.3 Å². The zero-order valence-corrected chi connectivity index (χ0v) is 9.54. The maximum absolute atomic E-state index is 6.04. The van der Waals surface area contributed by atoms with Crippen molar-refractivity contribution in [1.82, 2.24) is 0 Å². The summed E-state index contributed by atoms with van der Waals surface area (Å²) in [5, 5.41) is 4.25. The van der Waals surface area contributed by atoms with Crippen molar-refractivity contribution in [2.24, 2.45) is 0 Å². The van der Waals surface area contributed by atoms with Gasteiger partial charge in [0, 0.05) is 0 Å². The lowest BCUT2D eigenvalue weighted by Crippen LogP contribution is -2.40. The Morgan fingerprint density at radius 1 is 1.36 bits per heavy atom. The molecule has 1 aliphatic heterocycles. The third kappa shape index (κ3) is 1.64. The summed E-state index contributed by atoms with van der Waals surface area (Å²) < 4.78 is 5.75. The highest BCUT2D eigenvalue weighted by Crippen LogP contribution is 2.42. The Morgan fingerprint density at radius 2 is 2.07 bits per heavy atom. The standard InChI is InChI=1S/C10H11Cl2NO/c1-10(2)5-13-7-4-3-6(11)8(12)9(7)14-10/h3-4,13H,5H2,1-2H3. The van der Waals surface area contributed by atoms with Gasteiger partial charge in [-0.25, -0.2) is 0 Å². The summed E-state index contributed by atoms with van der Waals surface area (Å²) in [6, 6.07) is 3.64. The average Bonchev–Trinajstić information content (AvgIpc) is 2.11. The summed E-state index contributed by atoms with van der Waals surface area (Å²) in [7, 11) is 0. The van der Waals surface area contributed by atoms with Crippen LogP contribution in [0.5, 0.6) is 5.75 Å². The molecule has 1 aliphatic rings. The van der Waals surface area contributed by atoms with E-state index in [0.29, 0.717) is 15.8 Å². The number of fused-ring (bicyclic) bond motifs is 1. The van der Waals surface area contributed by atoms with Gasteiger partial charge in [-0.2, -0.15) is 0 Å². The number of nitrogens with one attached hydrogen (secondary N) is 1. The second-order valence-corrected chi connectivity index (χ2v) is 4.74. The monoisotopic (exact) mass is 231 g/mol. The number of benzene rings is 1. The molecule has 1 aromatic carbocycles. The van der Waals surface area contributed by atoms with Crippen molar-refractivity contribution in [1.29, 1.82) is 0 Å². The minimum Gasteiger partial charge on any atom is -0.482 e. The fourth-order valence-corrected chi connectivity index (χ4v) is 1.74. The topological polar surface area (TPSA) is 21.3 Å². The molecule has 1 aromatic rings. The minimum atomic E-state index is -0.249. The van der Waals surface area contributed by atoms with Crippen LogP contribution in [0, 0.1) is 0 Å². The first-order chi connectivity index (χ1) is 6.49. The van der Waals surface area contributed by atoms with Gasteiger partial charge in [-0.15, -0.1) is 0 Å². The smallest absolute Gasteiger partial charge is 0.163 e. The van der Waals surface area contributed by atoms with Crippen LogP contribution < -0.4 is 10.1 Å². The van der Waals surface area contributed by atoms with Crippen molar-refractivity contribution in [2.75, 3.05) is 11.9 Å². The van der Waals surface area contributed by atoms with Crippen LogP contribution in [0.15, 0.2) is 12.1 Å². The van der Waals surface area contributed by atoms with Crippen molar-refractivity contribution in [3.8, 4) is 5.75 Å². The SMILES string of the molecule is CC1(C)CNc2ccc(Cl)c(Cl)c2O1. The fourth-order valence-electron chi connectivity index (χ4n) is 1.39. The van der Waals surface area contributed by atoms with Crippen LogP contribution in [-0.2, 0) is 0 Å². The van der Waals surface area contributed by atoms with E-state index in [1.54, 1.807) is 6.07 Å². The van der Waals surface area contributed by atoms with Crippen molar-refractivity contribution >= 4 is 28.9 Å². The quantitative estimate of drug-likeness (QED) is 0.738. The van der Waals surface area contributed by atoms with Gasteiger partial charge in [0.15, 0.2) is 5.75 Å². The molecule has 0 aromatic heterocycles. The molecule has 0 aliphatic carbocycles. The summed E-state index contributed by atoms with van der Waals surface area (Å²) in [5.74, 6) is 0.649. The van der Waals surface area contributed by atoms with E-state index in [9.17, 15) is 0 Å². The van der Waals surface area contributed by atoms with Crippen LogP contribution in [-0.4, -0.2) is 12.1 Å². The molecule has 0 spiro atoms. The lowest BCUT2D eigenvalue weighted by Gasteiger charge is -2.34. The highest BCUT2D eigenvalue weighted by Gasteiger charge is 2.28. The van der Waals surface area contributed by atoms with E-state index in [1.165, 1.54) is 0 Å². The summed E-state index contributed by atoms with van der Waals surface area (Å²) in [5.41, 5.74) is 0.653. The molecular weight excluding hydrogens is 221 g/mol. The number of hydrogen-bond donors (Lipinski definition) is 1. The maximum Gasteiger partial charge on any atom is 0.163 e.